The Labute approximate surface area is 181 Å². The predicted molar refractivity (Wildman–Crippen MR) is 115 cm³/mol. The summed E-state index contributed by atoms with van der Waals surface area (Å²) in [5.74, 6) is 0.302. The lowest BCUT2D eigenvalue weighted by Crippen LogP contribution is -2.15. The summed E-state index contributed by atoms with van der Waals surface area (Å²) in [6, 6.07) is 10.0. The van der Waals surface area contributed by atoms with Gasteiger partial charge in [-0.1, -0.05) is 12.1 Å². The van der Waals surface area contributed by atoms with Gasteiger partial charge in [0, 0.05) is 29.1 Å². The average molecular weight is 436 g/mol. The molecule has 2 aromatic carbocycles. The van der Waals surface area contributed by atoms with Crippen molar-refractivity contribution in [3.05, 3.63) is 70.6 Å². The quantitative estimate of drug-likeness (QED) is 0.444. The van der Waals surface area contributed by atoms with Crippen LogP contribution in [0.4, 0.5) is 9.52 Å². The molecule has 5 rings (SSSR count). The van der Waals surface area contributed by atoms with Crippen LogP contribution in [-0.2, 0) is 6.42 Å². The van der Waals surface area contributed by atoms with Crippen LogP contribution in [-0.4, -0.2) is 34.9 Å². The number of fused-ring (bicyclic) bond motifs is 3. The number of rotatable bonds is 5. The van der Waals surface area contributed by atoms with E-state index in [4.69, 9.17) is 9.47 Å². The van der Waals surface area contributed by atoms with Crippen LogP contribution in [0.5, 0.6) is 11.5 Å². The van der Waals surface area contributed by atoms with Crippen molar-refractivity contribution < 1.29 is 18.7 Å². The number of thiazole rings is 1. The molecule has 4 aromatic rings. The third-order valence-electron chi connectivity index (χ3n) is 5.16. The minimum absolute atomic E-state index is 0.225. The van der Waals surface area contributed by atoms with E-state index in [1.54, 1.807) is 44.0 Å². The molecular formula is C22H17FN4O3S. The maximum absolute atomic E-state index is 14.7. The maximum Gasteiger partial charge on any atom is 0.278 e. The number of hydrogen-bond donors (Lipinski definition) is 1. The SMILES string of the molecule is COc1cc2c(cc1OC)-c1c(c(C(=O)Nc3nccs3)nn1-c1ccccc1F)C2. The number of para-hydroxylation sites is 1. The molecule has 0 aliphatic heterocycles. The number of halogens is 1. The molecule has 156 valence electrons. The van der Waals surface area contributed by atoms with Crippen LogP contribution in [0.1, 0.15) is 21.6 Å². The van der Waals surface area contributed by atoms with E-state index in [-0.39, 0.29) is 11.4 Å². The largest absolute Gasteiger partial charge is 0.493 e. The molecule has 9 heteroatoms. The van der Waals surface area contributed by atoms with Crippen molar-refractivity contribution in [2.45, 2.75) is 6.42 Å². The van der Waals surface area contributed by atoms with Crippen molar-refractivity contribution in [1.82, 2.24) is 14.8 Å². The number of nitrogens with zero attached hydrogens (tertiary/aromatic N) is 3. The molecule has 7 nitrogen and oxygen atoms in total. The van der Waals surface area contributed by atoms with Crippen molar-refractivity contribution in [2.24, 2.45) is 0 Å². The zero-order chi connectivity index (χ0) is 21.5. The lowest BCUT2D eigenvalue weighted by Gasteiger charge is -2.12. The molecule has 1 amide bonds. The Bertz CT molecular complexity index is 1300. The summed E-state index contributed by atoms with van der Waals surface area (Å²) in [6.07, 6.45) is 2.07. The third kappa shape index (κ3) is 3.14. The molecule has 0 saturated carbocycles. The average Bonchev–Trinajstić information content (AvgIpc) is 3.49. The summed E-state index contributed by atoms with van der Waals surface area (Å²) in [7, 11) is 3.13. The lowest BCUT2D eigenvalue weighted by atomic mass is 10.1. The van der Waals surface area contributed by atoms with Crippen LogP contribution in [0.3, 0.4) is 0 Å². The van der Waals surface area contributed by atoms with E-state index in [1.165, 1.54) is 22.1 Å². The van der Waals surface area contributed by atoms with Gasteiger partial charge in [0.05, 0.1) is 19.9 Å². The molecule has 1 aliphatic rings. The van der Waals surface area contributed by atoms with Crippen LogP contribution in [0.25, 0.3) is 16.9 Å². The van der Waals surface area contributed by atoms with Crippen molar-refractivity contribution in [3.63, 3.8) is 0 Å². The van der Waals surface area contributed by atoms with Crippen LogP contribution in [0.2, 0.25) is 0 Å². The first-order chi connectivity index (χ1) is 15.1. The monoisotopic (exact) mass is 436 g/mol. The number of ether oxygens (including phenoxy) is 2. The Kier molecular flexibility index (Phi) is 4.67. The topological polar surface area (TPSA) is 78.3 Å². The lowest BCUT2D eigenvalue weighted by molar-refractivity contribution is 0.102. The van der Waals surface area contributed by atoms with E-state index in [0.717, 1.165) is 11.1 Å². The van der Waals surface area contributed by atoms with Gasteiger partial charge in [-0.2, -0.15) is 5.10 Å². The molecule has 0 bridgehead atoms. The molecule has 0 spiro atoms. The first-order valence-electron chi connectivity index (χ1n) is 9.43. The van der Waals surface area contributed by atoms with E-state index in [9.17, 15) is 9.18 Å². The predicted octanol–water partition coefficient (Wildman–Crippen LogP) is 4.31. The highest BCUT2D eigenvalue weighted by molar-refractivity contribution is 7.13. The van der Waals surface area contributed by atoms with Gasteiger partial charge in [0.1, 0.15) is 11.5 Å². The second-order valence-corrected chi connectivity index (χ2v) is 7.77. The van der Waals surface area contributed by atoms with Gasteiger partial charge in [-0.05, 0) is 29.8 Å². The van der Waals surface area contributed by atoms with Gasteiger partial charge in [0.2, 0.25) is 0 Å². The summed E-state index contributed by atoms with van der Waals surface area (Å²) in [5, 5.41) is 9.52. The fourth-order valence-electron chi connectivity index (χ4n) is 3.79. The number of nitrogens with one attached hydrogen (secondary N) is 1. The zero-order valence-corrected chi connectivity index (χ0v) is 17.5. The summed E-state index contributed by atoms with van der Waals surface area (Å²) in [6.45, 7) is 0. The number of aromatic nitrogens is 3. The smallest absolute Gasteiger partial charge is 0.278 e. The summed E-state index contributed by atoms with van der Waals surface area (Å²) in [4.78, 5) is 17.1. The Morgan fingerprint density at radius 1 is 1.19 bits per heavy atom. The van der Waals surface area contributed by atoms with Gasteiger partial charge in [0.25, 0.3) is 5.91 Å². The van der Waals surface area contributed by atoms with Gasteiger partial charge in [0.15, 0.2) is 22.3 Å². The highest BCUT2D eigenvalue weighted by atomic mass is 32.1. The first kappa shape index (κ1) is 19.3. The first-order valence-corrected chi connectivity index (χ1v) is 10.3. The van der Waals surface area contributed by atoms with E-state index in [2.05, 4.69) is 15.4 Å². The molecule has 0 fully saturated rings. The molecule has 1 aliphatic carbocycles. The highest BCUT2D eigenvalue weighted by Gasteiger charge is 2.33. The van der Waals surface area contributed by atoms with Gasteiger partial charge >= 0.3 is 0 Å². The van der Waals surface area contributed by atoms with Crippen molar-refractivity contribution >= 4 is 22.4 Å². The number of carbonyl (C=O) groups is 1. The number of benzene rings is 2. The fraction of sp³-hybridized carbons (Fsp3) is 0.136. The minimum Gasteiger partial charge on any atom is -0.493 e. The number of amides is 1. The van der Waals surface area contributed by atoms with Crippen LogP contribution in [0, 0.1) is 5.82 Å². The second kappa shape index (κ2) is 7.51. The second-order valence-electron chi connectivity index (χ2n) is 6.87. The van der Waals surface area contributed by atoms with E-state index >= 15 is 0 Å². The number of methoxy groups -OCH3 is 2. The third-order valence-corrected chi connectivity index (χ3v) is 5.85. The summed E-state index contributed by atoms with van der Waals surface area (Å²) in [5.41, 5.74) is 3.61. The van der Waals surface area contributed by atoms with Gasteiger partial charge in [-0.15, -0.1) is 11.3 Å². The van der Waals surface area contributed by atoms with Crippen molar-refractivity contribution in [2.75, 3.05) is 19.5 Å². The molecule has 0 saturated heterocycles. The zero-order valence-electron chi connectivity index (χ0n) is 16.7. The van der Waals surface area contributed by atoms with Gasteiger partial charge in [-0.25, -0.2) is 14.1 Å². The Hall–Kier alpha value is -3.72. The number of hydrogen-bond acceptors (Lipinski definition) is 6. The summed E-state index contributed by atoms with van der Waals surface area (Å²) >= 11 is 1.31. The molecule has 0 atom stereocenters. The Morgan fingerprint density at radius 2 is 1.97 bits per heavy atom. The van der Waals surface area contributed by atoms with E-state index < -0.39 is 11.7 Å². The molecule has 0 radical (unpaired) electrons. The molecule has 0 unspecified atom stereocenters. The minimum atomic E-state index is -0.436. The Morgan fingerprint density at radius 3 is 2.68 bits per heavy atom. The maximum atomic E-state index is 14.7. The molecule has 1 N–H and O–H groups in total. The normalized spacial score (nSPS) is 11.7. The fourth-order valence-corrected chi connectivity index (χ4v) is 4.32. The highest BCUT2D eigenvalue weighted by Crippen LogP contribution is 2.45. The molecular weight excluding hydrogens is 419 g/mol. The van der Waals surface area contributed by atoms with E-state index in [0.29, 0.717) is 34.3 Å². The van der Waals surface area contributed by atoms with Gasteiger partial charge in [-0.3, -0.25) is 10.1 Å². The van der Waals surface area contributed by atoms with Crippen molar-refractivity contribution in [1.29, 1.82) is 0 Å². The summed E-state index contributed by atoms with van der Waals surface area (Å²) < 4.78 is 27.1. The van der Waals surface area contributed by atoms with Crippen LogP contribution < -0.4 is 14.8 Å². The number of carbonyl (C=O) groups excluding carboxylic acids is 1. The Balaban J connectivity index is 1.70. The van der Waals surface area contributed by atoms with E-state index in [1.807, 2.05) is 12.1 Å². The standard InChI is InChI=1S/C22H17FN4O3S/c1-29-17-10-12-9-14-19(21(28)25-22-24-7-8-31-22)26-27(16-6-4-3-5-15(16)23)20(14)13(12)11-18(17)30-2/h3-8,10-11H,9H2,1-2H3,(H,24,25,28). The molecule has 2 aromatic heterocycles. The number of anilines is 1. The van der Waals surface area contributed by atoms with Crippen molar-refractivity contribution in [3.8, 4) is 28.4 Å². The molecule has 31 heavy (non-hydrogen) atoms. The van der Waals surface area contributed by atoms with Crippen LogP contribution in [0.15, 0.2) is 48.0 Å². The van der Waals surface area contributed by atoms with Gasteiger partial charge < -0.3 is 9.47 Å². The molecule has 2 heterocycles. The van der Waals surface area contributed by atoms with Crippen LogP contribution >= 0.6 is 11.3 Å².